The summed E-state index contributed by atoms with van der Waals surface area (Å²) in [5.74, 6) is -0.286. The number of hydrogen-bond donors (Lipinski definition) is 1. The molecule has 20 heavy (non-hydrogen) atoms. The molecule has 0 heterocycles. The van der Waals surface area contributed by atoms with Crippen molar-refractivity contribution in [3.63, 3.8) is 0 Å². The molecule has 2 rings (SSSR count). The maximum Gasteiger partial charge on any atom is 0.129 e. The zero-order valence-corrected chi connectivity index (χ0v) is 12.5. The van der Waals surface area contributed by atoms with E-state index in [1.165, 1.54) is 6.07 Å². The van der Waals surface area contributed by atoms with Gasteiger partial charge in [0.2, 0.25) is 0 Å². The van der Waals surface area contributed by atoms with E-state index in [0.717, 1.165) is 5.56 Å². The molecular weight excluding hydrogens is 298 g/mol. The normalized spacial score (nSPS) is 11.1. The summed E-state index contributed by atoms with van der Waals surface area (Å²) in [6, 6.07) is 10.2. The Balaban J connectivity index is 2.09. The summed E-state index contributed by atoms with van der Waals surface area (Å²) in [7, 11) is 1.90. The highest BCUT2D eigenvalue weighted by molar-refractivity contribution is 6.42. The van der Waals surface area contributed by atoms with Gasteiger partial charge >= 0.3 is 0 Å². The minimum atomic E-state index is -0.286. The highest BCUT2D eigenvalue weighted by Gasteiger charge is 2.10. The van der Waals surface area contributed by atoms with Crippen molar-refractivity contribution >= 4 is 28.9 Å². The molecule has 2 aromatic rings. The quantitative estimate of drug-likeness (QED) is 0.851. The first-order chi connectivity index (χ1) is 9.47. The molecule has 0 aliphatic heterocycles. The molecule has 106 valence electrons. The number of nitrogens with two attached hydrogens (primary N) is 1. The van der Waals surface area contributed by atoms with Crippen LogP contribution >= 0.6 is 23.2 Å². The molecule has 0 aromatic heterocycles. The lowest BCUT2D eigenvalue weighted by atomic mass is 10.1. The molecule has 5 heteroatoms. The second-order valence-electron chi connectivity index (χ2n) is 4.73. The van der Waals surface area contributed by atoms with Crippen LogP contribution in [0.3, 0.4) is 0 Å². The summed E-state index contributed by atoms with van der Waals surface area (Å²) < 4.78 is 13.7. The number of nitrogen functional groups attached to an aromatic ring is 1. The molecule has 0 amide bonds. The summed E-state index contributed by atoms with van der Waals surface area (Å²) in [5, 5.41) is 1.04. The van der Waals surface area contributed by atoms with Crippen molar-refractivity contribution in [2.45, 2.75) is 13.1 Å². The van der Waals surface area contributed by atoms with Crippen LogP contribution in [0, 0.1) is 5.82 Å². The van der Waals surface area contributed by atoms with Gasteiger partial charge in [-0.15, -0.1) is 0 Å². The predicted octanol–water partition coefficient (Wildman–Crippen LogP) is 4.35. The van der Waals surface area contributed by atoms with Crippen molar-refractivity contribution < 1.29 is 4.39 Å². The number of nitrogens with zero attached hydrogens (tertiary/aromatic N) is 1. The Morgan fingerprint density at radius 1 is 1.10 bits per heavy atom. The van der Waals surface area contributed by atoms with Gasteiger partial charge in [0.1, 0.15) is 5.82 Å². The van der Waals surface area contributed by atoms with E-state index in [0.29, 0.717) is 34.4 Å². The van der Waals surface area contributed by atoms with Gasteiger partial charge in [-0.05, 0) is 36.9 Å². The van der Waals surface area contributed by atoms with Gasteiger partial charge < -0.3 is 5.73 Å². The van der Waals surface area contributed by atoms with E-state index in [1.54, 1.807) is 18.2 Å². The van der Waals surface area contributed by atoms with Crippen molar-refractivity contribution in [1.29, 1.82) is 0 Å². The fourth-order valence-electron chi connectivity index (χ4n) is 2.02. The van der Waals surface area contributed by atoms with Crippen LogP contribution < -0.4 is 5.73 Å². The fraction of sp³-hybridized carbons (Fsp3) is 0.200. The monoisotopic (exact) mass is 312 g/mol. The van der Waals surface area contributed by atoms with Crippen molar-refractivity contribution in [3.8, 4) is 0 Å². The lowest BCUT2D eigenvalue weighted by Gasteiger charge is -2.18. The molecule has 0 radical (unpaired) electrons. The zero-order valence-electron chi connectivity index (χ0n) is 11.0. The minimum absolute atomic E-state index is 0.286. The van der Waals surface area contributed by atoms with E-state index in [9.17, 15) is 4.39 Å². The minimum Gasteiger partial charge on any atom is -0.398 e. The summed E-state index contributed by atoms with van der Waals surface area (Å²) in [5.41, 5.74) is 7.79. The molecule has 0 saturated carbocycles. The molecule has 0 aliphatic carbocycles. The number of rotatable bonds is 4. The second kappa shape index (κ2) is 6.44. The largest absolute Gasteiger partial charge is 0.398 e. The molecule has 2 nitrogen and oxygen atoms in total. The molecule has 0 bridgehead atoms. The van der Waals surface area contributed by atoms with E-state index in [-0.39, 0.29) is 5.82 Å². The third kappa shape index (κ3) is 3.63. The van der Waals surface area contributed by atoms with E-state index in [1.807, 2.05) is 24.1 Å². The average Bonchev–Trinajstić information content (AvgIpc) is 2.38. The summed E-state index contributed by atoms with van der Waals surface area (Å²) in [4.78, 5) is 1.97. The Morgan fingerprint density at radius 2 is 1.85 bits per heavy atom. The molecule has 0 spiro atoms. The molecule has 2 aromatic carbocycles. The maximum atomic E-state index is 13.7. The Hall–Kier alpha value is -1.29. The lowest BCUT2D eigenvalue weighted by Crippen LogP contribution is -2.19. The summed E-state index contributed by atoms with van der Waals surface area (Å²) in [6.45, 7) is 1.06. The topological polar surface area (TPSA) is 29.3 Å². The van der Waals surface area contributed by atoms with Gasteiger partial charge in [-0.25, -0.2) is 4.39 Å². The van der Waals surface area contributed by atoms with Crippen LogP contribution in [0.1, 0.15) is 11.1 Å². The molecular formula is C15H15Cl2FN2. The van der Waals surface area contributed by atoms with Crippen LogP contribution in [-0.4, -0.2) is 11.9 Å². The van der Waals surface area contributed by atoms with Gasteiger partial charge in [0.25, 0.3) is 0 Å². The Bertz CT molecular complexity index is 597. The van der Waals surface area contributed by atoms with Gasteiger partial charge in [0, 0.05) is 24.3 Å². The van der Waals surface area contributed by atoms with Crippen molar-refractivity contribution in [3.05, 3.63) is 63.4 Å². The summed E-state index contributed by atoms with van der Waals surface area (Å²) >= 11 is 11.9. The van der Waals surface area contributed by atoms with E-state index in [4.69, 9.17) is 28.9 Å². The first-order valence-electron chi connectivity index (χ1n) is 6.12. The SMILES string of the molecule is CN(Cc1ccc(Cl)c(Cl)c1)Cc1c(N)cccc1F. The first kappa shape index (κ1) is 15.1. The van der Waals surface area contributed by atoms with Crippen LogP contribution in [-0.2, 0) is 13.1 Å². The van der Waals surface area contributed by atoms with E-state index >= 15 is 0 Å². The molecule has 0 aliphatic rings. The molecule has 0 fully saturated rings. The van der Waals surface area contributed by atoms with E-state index < -0.39 is 0 Å². The highest BCUT2D eigenvalue weighted by atomic mass is 35.5. The standard InChI is InChI=1S/C15H15Cl2FN2/c1-20(8-10-5-6-12(16)13(17)7-10)9-11-14(18)3-2-4-15(11)19/h2-7H,8-9,19H2,1H3. The predicted molar refractivity (Wildman–Crippen MR) is 82.4 cm³/mol. The first-order valence-corrected chi connectivity index (χ1v) is 6.88. The van der Waals surface area contributed by atoms with Crippen LogP contribution in [0.25, 0.3) is 0 Å². The average molecular weight is 313 g/mol. The van der Waals surface area contributed by atoms with Crippen LogP contribution in [0.5, 0.6) is 0 Å². The summed E-state index contributed by atoms with van der Waals surface area (Å²) in [6.07, 6.45) is 0. The highest BCUT2D eigenvalue weighted by Crippen LogP contribution is 2.24. The Morgan fingerprint density at radius 3 is 2.50 bits per heavy atom. The second-order valence-corrected chi connectivity index (χ2v) is 5.54. The van der Waals surface area contributed by atoms with Gasteiger partial charge in [-0.2, -0.15) is 0 Å². The van der Waals surface area contributed by atoms with Crippen molar-refractivity contribution in [2.24, 2.45) is 0 Å². The number of halogens is 3. The number of hydrogen-bond acceptors (Lipinski definition) is 2. The van der Waals surface area contributed by atoms with Gasteiger partial charge in [-0.1, -0.05) is 35.3 Å². The Kier molecular flexibility index (Phi) is 4.86. The van der Waals surface area contributed by atoms with Crippen molar-refractivity contribution in [1.82, 2.24) is 4.90 Å². The molecule has 0 saturated heterocycles. The van der Waals surface area contributed by atoms with Crippen LogP contribution in [0.15, 0.2) is 36.4 Å². The van der Waals surface area contributed by atoms with Crippen LogP contribution in [0.4, 0.5) is 10.1 Å². The van der Waals surface area contributed by atoms with Gasteiger partial charge in [-0.3, -0.25) is 4.90 Å². The number of anilines is 1. The Labute approximate surface area is 127 Å². The molecule has 0 atom stereocenters. The maximum absolute atomic E-state index is 13.7. The molecule has 0 unspecified atom stereocenters. The van der Waals surface area contributed by atoms with Gasteiger partial charge in [0.05, 0.1) is 10.0 Å². The van der Waals surface area contributed by atoms with Crippen molar-refractivity contribution in [2.75, 3.05) is 12.8 Å². The molecule has 2 N–H and O–H groups in total. The third-order valence-electron chi connectivity index (χ3n) is 3.02. The lowest BCUT2D eigenvalue weighted by molar-refractivity contribution is 0.314. The van der Waals surface area contributed by atoms with Crippen LogP contribution in [0.2, 0.25) is 10.0 Å². The van der Waals surface area contributed by atoms with Gasteiger partial charge in [0.15, 0.2) is 0 Å². The smallest absolute Gasteiger partial charge is 0.129 e. The van der Waals surface area contributed by atoms with E-state index in [2.05, 4.69) is 0 Å². The zero-order chi connectivity index (χ0) is 14.7. The third-order valence-corrected chi connectivity index (χ3v) is 3.76. The fourth-order valence-corrected chi connectivity index (χ4v) is 2.34. The number of benzene rings is 2.